The first-order chi connectivity index (χ1) is 9.43. The fraction of sp³-hybridized carbons (Fsp3) is 0.250. The summed E-state index contributed by atoms with van der Waals surface area (Å²) >= 11 is 6.37. The largest absolute Gasteiger partial charge is 0.494 e. The van der Waals surface area contributed by atoms with Crippen molar-refractivity contribution >= 4 is 11.6 Å². The van der Waals surface area contributed by atoms with Gasteiger partial charge in [0.1, 0.15) is 5.82 Å². The fourth-order valence-electron chi connectivity index (χ4n) is 2.16. The monoisotopic (exact) mass is 296 g/mol. The molecule has 1 atom stereocenters. The highest BCUT2D eigenvalue weighted by atomic mass is 35.5. The summed E-state index contributed by atoms with van der Waals surface area (Å²) in [5.41, 5.74) is 2.40. The summed E-state index contributed by atoms with van der Waals surface area (Å²) in [6.45, 7) is 3.37. The normalized spacial score (nSPS) is 12.3. The Morgan fingerprint density at radius 2 is 1.60 bits per heavy atom. The number of methoxy groups -OCH3 is 1. The summed E-state index contributed by atoms with van der Waals surface area (Å²) < 4.78 is 32.2. The van der Waals surface area contributed by atoms with Crippen LogP contribution in [0.1, 0.15) is 27.6 Å². The third-order valence-corrected chi connectivity index (χ3v) is 3.72. The third kappa shape index (κ3) is 2.78. The minimum absolute atomic E-state index is 0.170. The van der Waals surface area contributed by atoms with E-state index in [1.54, 1.807) is 32.0 Å². The van der Waals surface area contributed by atoms with Crippen molar-refractivity contribution in [2.45, 2.75) is 19.2 Å². The number of hydrogen-bond acceptors (Lipinski definition) is 1. The maximum absolute atomic E-state index is 13.7. The van der Waals surface area contributed by atoms with Gasteiger partial charge in [-0.25, -0.2) is 8.78 Å². The molecule has 106 valence electrons. The molecule has 2 aromatic carbocycles. The summed E-state index contributed by atoms with van der Waals surface area (Å²) in [7, 11) is 1.41. The lowest BCUT2D eigenvalue weighted by atomic mass is 9.99. The second-order valence-electron chi connectivity index (χ2n) is 4.73. The van der Waals surface area contributed by atoms with Crippen molar-refractivity contribution in [3.63, 3.8) is 0 Å². The Morgan fingerprint density at radius 3 is 2.10 bits per heavy atom. The minimum atomic E-state index is -0.534. The van der Waals surface area contributed by atoms with Gasteiger partial charge in [0.05, 0.1) is 12.5 Å². The van der Waals surface area contributed by atoms with Crippen LogP contribution in [0, 0.1) is 25.5 Å². The highest BCUT2D eigenvalue weighted by Gasteiger charge is 2.16. The van der Waals surface area contributed by atoms with Gasteiger partial charge in [-0.3, -0.25) is 0 Å². The van der Waals surface area contributed by atoms with Gasteiger partial charge in [-0.1, -0.05) is 18.2 Å². The zero-order valence-electron chi connectivity index (χ0n) is 11.5. The van der Waals surface area contributed by atoms with Crippen LogP contribution in [0.5, 0.6) is 5.75 Å². The summed E-state index contributed by atoms with van der Waals surface area (Å²) in [6, 6.07) is 7.94. The standard InChI is InChI=1S/C16H15ClF2O/c1-9-6-12(7-10(2)16(9)19)15(17)11-4-5-14(20-3)13(18)8-11/h4-8,15H,1-3H3. The first kappa shape index (κ1) is 14.8. The molecule has 2 aromatic rings. The predicted octanol–water partition coefficient (Wildman–Crippen LogP) is 4.92. The van der Waals surface area contributed by atoms with Crippen LogP contribution in [0.25, 0.3) is 0 Å². The topological polar surface area (TPSA) is 9.23 Å². The number of hydrogen-bond donors (Lipinski definition) is 0. The van der Waals surface area contributed by atoms with Crippen molar-refractivity contribution in [3.05, 3.63) is 64.2 Å². The van der Waals surface area contributed by atoms with E-state index in [1.807, 2.05) is 0 Å². The van der Waals surface area contributed by atoms with Crippen molar-refractivity contribution in [2.24, 2.45) is 0 Å². The second-order valence-corrected chi connectivity index (χ2v) is 5.16. The first-order valence-corrected chi connectivity index (χ1v) is 6.62. The highest BCUT2D eigenvalue weighted by molar-refractivity contribution is 6.22. The minimum Gasteiger partial charge on any atom is -0.494 e. The van der Waals surface area contributed by atoms with Crippen LogP contribution in [-0.4, -0.2) is 7.11 Å². The van der Waals surface area contributed by atoms with Crippen molar-refractivity contribution in [1.82, 2.24) is 0 Å². The molecule has 20 heavy (non-hydrogen) atoms. The van der Waals surface area contributed by atoms with Gasteiger partial charge in [-0.2, -0.15) is 0 Å². The lowest BCUT2D eigenvalue weighted by molar-refractivity contribution is 0.386. The molecule has 1 nitrogen and oxygen atoms in total. The molecule has 0 saturated carbocycles. The second kappa shape index (κ2) is 5.80. The summed E-state index contributed by atoms with van der Waals surface area (Å²) in [5, 5.41) is -0.534. The van der Waals surface area contributed by atoms with E-state index in [-0.39, 0.29) is 11.6 Å². The number of halogens is 3. The molecule has 0 aromatic heterocycles. The Hall–Kier alpha value is -1.61. The molecular weight excluding hydrogens is 282 g/mol. The van der Waals surface area contributed by atoms with Crippen LogP contribution in [-0.2, 0) is 0 Å². The summed E-state index contributed by atoms with van der Waals surface area (Å²) in [4.78, 5) is 0. The maximum Gasteiger partial charge on any atom is 0.165 e. The average molecular weight is 297 g/mol. The number of rotatable bonds is 3. The van der Waals surface area contributed by atoms with E-state index < -0.39 is 11.2 Å². The van der Waals surface area contributed by atoms with Gasteiger partial charge in [0.2, 0.25) is 0 Å². The van der Waals surface area contributed by atoms with Gasteiger partial charge in [-0.05, 0) is 48.2 Å². The molecule has 1 unspecified atom stereocenters. The Labute approximate surface area is 122 Å². The SMILES string of the molecule is COc1ccc(C(Cl)c2cc(C)c(F)c(C)c2)cc1F. The maximum atomic E-state index is 13.7. The number of ether oxygens (including phenoxy) is 1. The van der Waals surface area contributed by atoms with Crippen LogP contribution in [0.2, 0.25) is 0 Å². The van der Waals surface area contributed by atoms with Crippen LogP contribution in [0.4, 0.5) is 8.78 Å². The quantitative estimate of drug-likeness (QED) is 0.731. The molecule has 0 heterocycles. The Morgan fingerprint density at radius 1 is 1.00 bits per heavy atom. The molecule has 0 spiro atoms. The van der Waals surface area contributed by atoms with Gasteiger partial charge in [0.15, 0.2) is 11.6 Å². The van der Waals surface area contributed by atoms with Crippen molar-refractivity contribution < 1.29 is 13.5 Å². The molecule has 0 N–H and O–H groups in total. The van der Waals surface area contributed by atoms with Crippen LogP contribution in [0.3, 0.4) is 0 Å². The average Bonchev–Trinajstić information content (AvgIpc) is 2.43. The van der Waals surface area contributed by atoms with E-state index in [9.17, 15) is 8.78 Å². The molecule has 0 radical (unpaired) electrons. The highest BCUT2D eigenvalue weighted by Crippen LogP contribution is 2.33. The van der Waals surface area contributed by atoms with Gasteiger partial charge in [0.25, 0.3) is 0 Å². The molecule has 0 fully saturated rings. The van der Waals surface area contributed by atoms with Crippen molar-refractivity contribution in [3.8, 4) is 5.75 Å². The van der Waals surface area contributed by atoms with Gasteiger partial charge in [-0.15, -0.1) is 11.6 Å². The lowest BCUT2D eigenvalue weighted by Crippen LogP contribution is -1.99. The van der Waals surface area contributed by atoms with Crippen molar-refractivity contribution in [2.75, 3.05) is 7.11 Å². The Balaban J connectivity index is 2.41. The van der Waals surface area contributed by atoms with E-state index in [1.165, 1.54) is 19.2 Å². The lowest BCUT2D eigenvalue weighted by Gasteiger charge is -2.14. The molecule has 0 saturated heterocycles. The first-order valence-electron chi connectivity index (χ1n) is 6.18. The molecule has 0 bridgehead atoms. The predicted molar refractivity (Wildman–Crippen MR) is 76.5 cm³/mol. The number of aryl methyl sites for hydroxylation is 2. The zero-order valence-corrected chi connectivity index (χ0v) is 12.3. The third-order valence-electron chi connectivity index (χ3n) is 3.22. The van der Waals surface area contributed by atoms with E-state index in [0.29, 0.717) is 16.7 Å². The van der Waals surface area contributed by atoms with Crippen LogP contribution in [0.15, 0.2) is 30.3 Å². The molecular formula is C16H15ClF2O. The molecule has 4 heteroatoms. The van der Waals surface area contributed by atoms with E-state index in [4.69, 9.17) is 16.3 Å². The fourth-order valence-corrected chi connectivity index (χ4v) is 2.42. The molecule has 0 amide bonds. The summed E-state index contributed by atoms with van der Waals surface area (Å²) in [6.07, 6.45) is 0. The number of alkyl halides is 1. The molecule has 0 aliphatic carbocycles. The van der Waals surface area contributed by atoms with Crippen molar-refractivity contribution in [1.29, 1.82) is 0 Å². The molecule has 0 aliphatic rings. The Kier molecular flexibility index (Phi) is 4.29. The summed E-state index contributed by atoms with van der Waals surface area (Å²) in [5.74, 6) is -0.534. The van der Waals surface area contributed by atoms with E-state index in [0.717, 1.165) is 5.56 Å². The van der Waals surface area contributed by atoms with E-state index >= 15 is 0 Å². The van der Waals surface area contributed by atoms with E-state index in [2.05, 4.69) is 0 Å². The zero-order chi connectivity index (χ0) is 14.9. The molecule has 0 aliphatic heterocycles. The molecule has 2 rings (SSSR count). The van der Waals surface area contributed by atoms with Gasteiger partial charge in [0, 0.05) is 0 Å². The van der Waals surface area contributed by atoms with Gasteiger partial charge < -0.3 is 4.74 Å². The van der Waals surface area contributed by atoms with Crippen LogP contribution >= 0.6 is 11.6 Å². The van der Waals surface area contributed by atoms with Gasteiger partial charge >= 0.3 is 0 Å². The van der Waals surface area contributed by atoms with Crippen LogP contribution < -0.4 is 4.74 Å². The smallest absolute Gasteiger partial charge is 0.165 e. The Bertz CT molecular complexity index is 617. The number of benzene rings is 2.